The minimum absolute atomic E-state index is 0.185. The summed E-state index contributed by atoms with van der Waals surface area (Å²) in [6.45, 7) is 0.912. The van der Waals surface area contributed by atoms with Crippen molar-refractivity contribution in [2.24, 2.45) is 0 Å². The summed E-state index contributed by atoms with van der Waals surface area (Å²) in [6, 6.07) is 11.5. The monoisotopic (exact) mass is 323 g/mol. The molecule has 0 radical (unpaired) electrons. The first-order valence-electron chi connectivity index (χ1n) is 7.11. The molecule has 1 aromatic heterocycles. The molecular weight excluding hydrogens is 310 g/mol. The number of nitrogens with zero attached hydrogens (tertiary/aromatic N) is 2. The number of hydrogen-bond acceptors (Lipinski definition) is 5. The molecule has 0 saturated carbocycles. The fourth-order valence-electron chi connectivity index (χ4n) is 2.59. The van der Waals surface area contributed by atoms with Gasteiger partial charge < -0.3 is 9.72 Å². The second-order valence-electron chi connectivity index (χ2n) is 5.09. The summed E-state index contributed by atoms with van der Waals surface area (Å²) in [7, 11) is 0. The Hall–Kier alpha value is -2.54. The third-order valence-corrected chi connectivity index (χ3v) is 4.85. The maximum Gasteiger partial charge on any atom is 0.267 e. The zero-order chi connectivity index (χ0) is 16.2. The second kappa shape index (κ2) is 6.70. The van der Waals surface area contributed by atoms with Crippen LogP contribution in [0.4, 0.5) is 0 Å². The van der Waals surface area contributed by atoms with Crippen molar-refractivity contribution in [3.05, 3.63) is 62.4 Å². The van der Waals surface area contributed by atoms with Crippen molar-refractivity contribution in [3.63, 3.8) is 0 Å². The van der Waals surface area contributed by atoms with Crippen LogP contribution < -0.4 is 5.56 Å². The number of hydrogen-bond donors (Lipinski definition) is 1. The molecule has 0 saturated heterocycles. The largest absolute Gasteiger partial charge is 0.376 e. The fourth-order valence-corrected chi connectivity index (χ4v) is 3.66. The van der Waals surface area contributed by atoms with E-state index in [1.165, 1.54) is 11.8 Å². The normalized spacial score (nSPS) is 13.0. The van der Waals surface area contributed by atoms with Crippen molar-refractivity contribution in [1.29, 1.82) is 10.5 Å². The van der Waals surface area contributed by atoms with Crippen LogP contribution >= 0.6 is 11.8 Å². The predicted molar refractivity (Wildman–Crippen MR) is 85.9 cm³/mol. The van der Waals surface area contributed by atoms with Gasteiger partial charge in [0.25, 0.3) is 5.56 Å². The molecule has 1 N–H and O–H groups in total. The van der Waals surface area contributed by atoms with E-state index in [4.69, 9.17) is 10.00 Å². The highest BCUT2D eigenvalue weighted by Crippen LogP contribution is 2.30. The Morgan fingerprint density at radius 2 is 2.04 bits per heavy atom. The number of rotatable bonds is 3. The molecule has 2 aromatic rings. The number of ether oxygens (including phenoxy) is 1. The predicted octanol–water partition coefficient (Wildman–Crippen LogP) is 2.48. The minimum atomic E-state index is -0.357. The average molecular weight is 323 g/mol. The third-order valence-electron chi connectivity index (χ3n) is 3.76. The van der Waals surface area contributed by atoms with Gasteiger partial charge in [-0.15, -0.1) is 11.8 Å². The zero-order valence-corrected chi connectivity index (χ0v) is 13.1. The van der Waals surface area contributed by atoms with Gasteiger partial charge in [-0.05, 0) is 23.6 Å². The molecule has 1 aliphatic rings. The number of benzene rings is 1. The fraction of sp³-hybridized carbons (Fsp3) is 0.235. The van der Waals surface area contributed by atoms with Crippen LogP contribution in [-0.2, 0) is 23.5 Å². The summed E-state index contributed by atoms with van der Waals surface area (Å²) in [5.41, 5.74) is 3.04. The number of aromatic amines is 1. The molecule has 0 unspecified atom stereocenters. The molecule has 2 heterocycles. The van der Waals surface area contributed by atoms with Gasteiger partial charge in [0, 0.05) is 11.3 Å². The molecule has 0 spiro atoms. The second-order valence-corrected chi connectivity index (χ2v) is 6.07. The van der Waals surface area contributed by atoms with Gasteiger partial charge in [-0.3, -0.25) is 4.79 Å². The van der Waals surface area contributed by atoms with E-state index >= 15 is 0 Å². The average Bonchev–Trinajstić information content (AvgIpc) is 2.60. The highest BCUT2D eigenvalue weighted by Gasteiger charge is 2.21. The molecule has 0 amide bonds. The van der Waals surface area contributed by atoms with Crippen molar-refractivity contribution in [2.75, 3.05) is 6.61 Å². The van der Waals surface area contributed by atoms with Gasteiger partial charge in [-0.25, -0.2) is 0 Å². The van der Waals surface area contributed by atoms with E-state index in [0.29, 0.717) is 31.0 Å². The van der Waals surface area contributed by atoms with E-state index in [1.807, 2.05) is 24.3 Å². The van der Waals surface area contributed by atoms with Crippen LogP contribution in [0, 0.1) is 22.7 Å². The molecule has 114 valence electrons. The van der Waals surface area contributed by atoms with Gasteiger partial charge in [-0.2, -0.15) is 10.5 Å². The molecule has 6 heteroatoms. The van der Waals surface area contributed by atoms with Crippen LogP contribution in [0.15, 0.2) is 34.1 Å². The van der Waals surface area contributed by atoms with Crippen LogP contribution in [0.3, 0.4) is 0 Å². The zero-order valence-electron chi connectivity index (χ0n) is 12.3. The lowest BCUT2D eigenvalue weighted by atomic mass is 10.0. The highest BCUT2D eigenvalue weighted by atomic mass is 32.2. The van der Waals surface area contributed by atoms with Gasteiger partial charge in [0.15, 0.2) is 0 Å². The van der Waals surface area contributed by atoms with Crippen molar-refractivity contribution in [1.82, 2.24) is 4.98 Å². The van der Waals surface area contributed by atoms with Crippen LogP contribution in [-0.4, -0.2) is 11.6 Å². The highest BCUT2D eigenvalue weighted by molar-refractivity contribution is 7.98. The quantitative estimate of drug-likeness (QED) is 0.876. The Morgan fingerprint density at radius 1 is 1.22 bits per heavy atom. The van der Waals surface area contributed by atoms with E-state index in [-0.39, 0.29) is 11.1 Å². The van der Waals surface area contributed by atoms with Crippen LogP contribution in [0.25, 0.3) is 0 Å². The Kier molecular flexibility index (Phi) is 4.47. The summed E-state index contributed by atoms with van der Waals surface area (Å²) in [6.07, 6.45) is 0.574. The summed E-state index contributed by atoms with van der Waals surface area (Å²) in [5.74, 6) is 0.567. The number of nitriles is 2. The van der Waals surface area contributed by atoms with E-state index in [9.17, 15) is 10.1 Å². The number of aromatic nitrogens is 1. The first kappa shape index (κ1) is 15.4. The van der Waals surface area contributed by atoms with E-state index in [1.54, 1.807) is 6.07 Å². The lowest BCUT2D eigenvalue weighted by Gasteiger charge is -2.20. The van der Waals surface area contributed by atoms with Crippen molar-refractivity contribution >= 4 is 11.8 Å². The molecule has 1 aromatic carbocycles. The van der Waals surface area contributed by atoms with E-state index < -0.39 is 0 Å². The van der Waals surface area contributed by atoms with Crippen LogP contribution in [0.1, 0.15) is 27.8 Å². The van der Waals surface area contributed by atoms with Crippen molar-refractivity contribution in [3.8, 4) is 12.1 Å². The molecule has 0 atom stereocenters. The minimum Gasteiger partial charge on any atom is -0.376 e. The number of thioether (sulfide) groups is 1. The van der Waals surface area contributed by atoms with Gasteiger partial charge in [0.05, 0.1) is 29.9 Å². The Balaban J connectivity index is 1.95. The third kappa shape index (κ3) is 3.00. The molecule has 0 fully saturated rings. The number of pyridine rings is 1. The smallest absolute Gasteiger partial charge is 0.267 e. The summed E-state index contributed by atoms with van der Waals surface area (Å²) in [4.78, 5) is 14.9. The number of H-pyrrole nitrogens is 1. The number of fused-ring (bicyclic) bond motifs is 1. The number of nitrogens with one attached hydrogen (secondary N) is 1. The Bertz CT molecular complexity index is 890. The topological polar surface area (TPSA) is 89.7 Å². The molecule has 1 aliphatic heterocycles. The van der Waals surface area contributed by atoms with Crippen molar-refractivity contribution < 1.29 is 4.74 Å². The van der Waals surface area contributed by atoms with Gasteiger partial charge in [-0.1, -0.05) is 18.2 Å². The lowest BCUT2D eigenvalue weighted by Crippen LogP contribution is -2.22. The van der Waals surface area contributed by atoms with Crippen molar-refractivity contribution in [2.45, 2.75) is 23.8 Å². The summed E-state index contributed by atoms with van der Waals surface area (Å²) < 4.78 is 5.48. The molecule has 3 rings (SSSR count). The van der Waals surface area contributed by atoms with Crippen LogP contribution in [0.2, 0.25) is 0 Å². The molecule has 23 heavy (non-hydrogen) atoms. The lowest BCUT2D eigenvalue weighted by molar-refractivity contribution is 0.108. The molecule has 5 nitrogen and oxygen atoms in total. The summed E-state index contributed by atoms with van der Waals surface area (Å²) >= 11 is 1.45. The maximum absolute atomic E-state index is 12.1. The van der Waals surface area contributed by atoms with Crippen LogP contribution in [0.5, 0.6) is 0 Å². The first-order chi connectivity index (χ1) is 11.2. The molecular formula is C17H13N3O2S. The maximum atomic E-state index is 12.1. The van der Waals surface area contributed by atoms with Gasteiger partial charge in [0.1, 0.15) is 11.6 Å². The van der Waals surface area contributed by atoms with E-state index in [2.05, 4.69) is 11.1 Å². The Labute approximate surface area is 137 Å². The standard InChI is InChI=1S/C17H13N3O2S/c18-7-11-3-1-2-4-12(11)10-23-17-15-9-22-6-5-13(15)14(8-19)16(21)20-17/h1-4H,5-6,9-10H2,(H,20,21). The SMILES string of the molecule is N#Cc1ccccc1CSc1[nH]c(=O)c(C#N)c2c1COCC2. The molecule has 0 aliphatic carbocycles. The Morgan fingerprint density at radius 3 is 2.83 bits per heavy atom. The van der Waals surface area contributed by atoms with Gasteiger partial charge >= 0.3 is 0 Å². The first-order valence-corrected chi connectivity index (χ1v) is 8.10. The molecule has 0 bridgehead atoms. The van der Waals surface area contributed by atoms with E-state index in [0.717, 1.165) is 21.7 Å². The van der Waals surface area contributed by atoms with Gasteiger partial charge in [0.2, 0.25) is 0 Å². The summed E-state index contributed by atoms with van der Waals surface area (Å²) in [5, 5.41) is 19.1.